The van der Waals surface area contributed by atoms with Crippen LogP contribution in [0.1, 0.15) is 62.5 Å². The van der Waals surface area contributed by atoms with E-state index in [1.165, 1.54) is 44.1 Å². The number of azide groups is 1. The summed E-state index contributed by atoms with van der Waals surface area (Å²) in [4.78, 5) is 2.67. The van der Waals surface area contributed by atoms with Crippen molar-refractivity contribution >= 4 is 5.84 Å². The van der Waals surface area contributed by atoms with Gasteiger partial charge < -0.3 is 18.9 Å². The minimum absolute atomic E-state index is 0.328. The fourth-order valence-electron chi connectivity index (χ4n) is 3.80. The van der Waals surface area contributed by atoms with Gasteiger partial charge in [0.1, 0.15) is 11.5 Å². The lowest BCUT2D eigenvalue weighted by Crippen LogP contribution is -2.46. The van der Waals surface area contributed by atoms with Crippen LogP contribution in [-0.4, -0.2) is 52.0 Å². The molecule has 38 heavy (non-hydrogen) atoms. The van der Waals surface area contributed by atoms with Crippen LogP contribution in [0.5, 0.6) is 11.5 Å². The van der Waals surface area contributed by atoms with Crippen LogP contribution in [-0.2, 0) is 15.9 Å². The molecule has 2 aromatic carbocycles. The lowest BCUT2D eigenvalue weighted by atomic mass is 10.1. The van der Waals surface area contributed by atoms with Crippen molar-refractivity contribution in [1.82, 2.24) is 0 Å². The van der Waals surface area contributed by atoms with Gasteiger partial charge in [-0.1, -0.05) is 55.8 Å². The van der Waals surface area contributed by atoms with Crippen LogP contribution in [0.3, 0.4) is 0 Å². The van der Waals surface area contributed by atoms with E-state index in [0.717, 1.165) is 49.5 Å². The van der Waals surface area contributed by atoms with Gasteiger partial charge in [-0.05, 0) is 66.8 Å². The third-order valence-corrected chi connectivity index (χ3v) is 5.99. The molecular weight excluding hydrogens is 482 g/mol. The topological polar surface area (TPSA) is 137 Å². The molecule has 2 aromatic rings. The van der Waals surface area contributed by atoms with Crippen LogP contribution in [0, 0.1) is 0 Å². The maximum atomic E-state index is 8.18. The van der Waals surface area contributed by atoms with Crippen molar-refractivity contribution in [3.63, 3.8) is 0 Å². The van der Waals surface area contributed by atoms with Crippen LogP contribution in [0.15, 0.2) is 53.6 Å². The quantitative estimate of drug-likeness (QED) is 0.0544. The third-order valence-electron chi connectivity index (χ3n) is 5.99. The van der Waals surface area contributed by atoms with Crippen molar-refractivity contribution in [2.45, 2.75) is 57.8 Å². The number of unbranched alkanes of at least 4 members (excludes halogenated alkanes) is 7. The molecule has 0 aromatic heterocycles. The van der Waals surface area contributed by atoms with Crippen molar-refractivity contribution in [2.24, 2.45) is 10.8 Å². The monoisotopic (exact) mass is 526 g/mol. The molecule has 0 aliphatic carbocycles. The smallest absolute Gasteiger partial charge is 0.270 e. The van der Waals surface area contributed by atoms with Gasteiger partial charge in [-0.15, -0.1) is 0 Å². The zero-order chi connectivity index (χ0) is 27.1. The maximum Gasteiger partial charge on any atom is 0.270 e. The highest BCUT2D eigenvalue weighted by Gasteiger charge is 2.02. The Morgan fingerprint density at radius 1 is 0.684 bits per heavy atom. The second kappa shape index (κ2) is 20.8. The molecule has 0 spiro atoms. The Labute approximate surface area is 226 Å². The number of benzene rings is 2. The SMILES string of the molecule is [N-]=[N+]=NCCOCCOCCc1ccc(OCCCCCCCCCCOc2ccc(C(N)=[NH2+])cc2)cc1. The third kappa shape index (κ3) is 15.1. The van der Waals surface area contributed by atoms with E-state index in [-0.39, 0.29) is 0 Å². The summed E-state index contributed by atoms with van der Waals surface area (Å²) in [5.41, 5.74) is 15.8. The summed E-state index contributed by atoms with van der Waals surface area (Å²) in [6.45, 7) is 3.97. The van der Waals surface area contributed by atoms with Gasteiger partial charge in [-0.25, -0.2) is 0 Å². The largest absolute Gasteiger partial charge is 0.494 e. The summed E-state index contributed by atoms with van der Waals surface area (Å²) < 4.78 is 22.5. The number of hydrogen-bond acceptors (Lipinski definition) is 5. The molecule has 9 nitrogen and oxygen atoms in total. The van der Waals surface area contributed by atoms with E-state index in [1.54, 1.807) is 0 Å². The normalized spacial score (nSPS) is 10.6. The average molecular weight is 527 g/mol. The molecule has 0 amide bonds. The molecule has 208 valence electrons. The summed E-state index contributed by atoms with van der Waals surface area (Å²) in [5, 5.41) is 8.98. The fraction of sp³-hybridized carbons (Fsp3) is 0.552. The van der Waals surface area contributed by atoms with Gasteiger partial charge in [0.05, 0.1) is 45.2 Å². The Bertz CT molecular complexity index is 931. The standard InChI is InChI=1S/C29H43N5O4/c30-29(31)26-11-15-28(16-12-26)38-20-8-6-4-2-1-3-5-7-19-37-27-13-9-25(10-14-27)17-21-35-23-24-36-22-18-33-34-32/h9-16H,1-8,17-24H2,(H3,30,31)/p+1. The summed E-state index contributed by atoms with van der Waals surface area (Å²) in [5.74, 6) is 2.11. The minimum atomic E-state index is 0.328. The zero-order valence-corrected chi connectivity index (χ0v) is 22.6. The molecule has 0 atom stereocenters. The zero-order valence-electron chi connectivity index (χ0n) is 22.6. The van der Waals surface area contributed by atoms with Gasteiger partial charge in [-0.2, -0.15) is 0 Å². The van der Waals surface area contributed by atoms with Crippen LogP contribution in [0.2, 0.25) is 0 Å². The van der Waals surface area contributed by atoms with Gasteiger partial charge in [0.2, 0.25) is 0 Å². The van der Waals surface area contributed by atoms with Gasteiger partial charge in [-0.3, -0.25) is 11.1 Å². The number of nitrogens with two attached hydrogens (primary N) is 2. The molecule has 0 saturated heterocycles. The highest BCUT2D eigenvalue weighted by molar-refractivity contribution is 5.92. The number of nitrogens with zero attached hydrogens (tertiary/aromatic N) is 3. The summed E-state index contributed by atoms with van der Waals surface area (Å²) >= 11 is 0. The number of amidine groups is 1. The number of rotatable bonds is 23. The molecule has 0 bridgehead atoms. The van der Waals surface area contributed by atoms with Crippen molar-refractivity contribution < 1.29 is 24.4 Å². The average Bonchev–Trinajstić information content (AvgIpc) is 2.93. The van der Waals surface area contributed by atoms with E-state index in [9.17, 15) is 0 Å². The predicted octanol–water partition coefficient (Wildman–Crippen LogP) is 4.62. The van der Waals surface area contributed by atoms with E-state index < -0.39 is 0 Å². The van der Waals surface area contributed by atoms with Crippen LogP contribution in [0.4, 0.5) is 0 Å². The molecule has 0 aliphatic heterocycles. The first kappa shape index (κ1) is 31.0. The Morgan fingerprint density at radius 3 is 1.71 bits per heavy atom. The van der Waals surface area contributed by atoms with Gasteiger partial charge in [0, 0.05) is 11.5 Å². The minimum Gasteiger partial charge on any atom is -0.494 e. The number of hydrogen-bond donors (Lipinski definition) is 2. The molecular formula is C29H44N5O4+. The predicted molar refractivity (Wildman–Crippen MR) is 150 cm³/mol. The first-order valence-corrected chi connectivity index (χ1v) is 13.7. The molecule has 0 saturated carbocycles. The fourth-order valence-corrected chi connectivity index (χ4v) is 3.80. The molecule has 0 unspecified atom stereocenters. The van der Waals surface area contributed by atoms with Gasteiger partial charge in [0.25, 0.3) is 5.84 Å². The van der Waals surface area contributed by atoms with Crippen molar-refractivity contribution in [1.29, 1.82) is 0 Å². The van der Waals surface area contributed by atoms with E-state index >= 15 is 0 Å². The van der Waals surface area contributed by atoms with E-state index in [1.807, 2.05) is 36.4 Å². The molecule has 0 heterocycles. The van der Waals surface area contributed by atoms with E-state index in [4.69, 9.17) is 35.6 Å². The van der Waals surface area contributed by atoms with Crippen molar-refractivity contribution in [2.75, 3.05) is 46.2 Å². The van der Waals surface area contributed by atoms with Crippen molar-refractivity contribution in [3.8, 4) is 11.5 Å². The molecule has 0 fully saturated rings. The summed E-state index contributed by atoms with van der Waals surface area (Å²) in [6, 6.07) is 15.8. The first-order valence-electron chi connectivity index (χ1n) is 13.7. The first-order chi connectivity index (χ1) is 18.7. The molecule has 4 N–H and O–H groups in total. The van der Waals surface area contributed by atoms with E-state index in [2.05, 4.69) is 22.2 Å². The lowest BCUT2D eigenvalue weighted by Gasteiger charge is -2.08. The molecule has 9 heteroatoms. The van der Waals surface area contributed by atoms with Crippen molar-refractivity contribution in [3.05, 3.63) is 70.1 Å². The number of ether oxygens (including phenoxy) is 4. The highest BCUT2D eigenvalue weighted by Crippen LogP contribution is 2.15. The van der Waals surface area contributed by atoms with E-state index in [0.29, 0.717) is 38.8 Å². The lowest BCUT2D eigenvalue weighted by molar-refractivity contribution is -0.114. The summed E-state index contributed by atoms with van der Waals surface area (Å²) in [7, 11) is 0. The maximum absolute atomic E-state index is 8.18. The molecule has 2 rings (SSSR count). The van der Waals surface area contributed by atoms with Crippen LogP contribution in [0.25, 0.3) is 10.4 Å². The molecule has 0 radical (unpaired) electrons. The summed E-state index contributed by atoms with van der Waals surface area (Å²) in [6.07, 6.45) is 10.5. The Balaban J connectivity index is 1.36. The Morgan fingerprint density at radius 2 is 1.18 bits per heavy atom. The van der Waals surface area contributed by atoms with Gasteiger partial charge in [0.15, 0.2) is 0 Å². The highest BCUT2D eigenvalue weighted by atomic mass is 16.5. The van der Waals surface area contributed by atoms with Crippen LogP contribution >= 0.6 is 0 Å². The Kier molecular flexibility index (Phi) is 16.9. The Hall–Kier alpha value is -3.26. The second-order valence-corrected chi connectivity index (χ2v) is 9.08. The van der Waals surface area contributed by atoms with Crippen LogP contribution < -0.4 is 20.6 Å². The molecule has 0 aliphatic rings. The second-order valence-electron chi connectivity index (χ2n) is 9.08. The van der Waals surface area contributed by atoms with Gasteiger partial charge >= 0.3 is 0 Å².